The molecule has 0 fully saturated rings. The van der Waals surface area contributed by atoms with E-state index in [1.165, 1.54) is 0 Å². The van der Waals surface area contributed by atoms with Crippen LogP contribution < -0.4 is 5.32 Å². The smallest absolute Gasteiger partial charge is 0.251 e. The maximum absolute atomic E-state index is 12.1. The predicted molar refractivity (Wildman–Crippen MR) is 92.0 cm³/mol. The van der Waals surface area contributed by atoms with E-state index in [4.69, 9.17) is 16.1 Å². The number of aryl methyl sites for hydroxylation is 1. The molecule has 0 aliphatic rings. The Morgan fingerprint density at radius 2 is 2.00 bits per heavy atom. The number of hydrogen-bond acceptors (Lipinski definition) is 4. The molecule has 0 saturated heterocycles. The van der Waals surface area contributed by atoms with Crippen LogP contribution in [0.5, 0.6) is 0 Å². The van der Waals surface area contributed by atoms with Gasteiger partial charge < -0.3 is 9.84 Å². The number of amides is 1. The lowest BCUT2D eigenvalue weighted by Gasteiger charge is -2.04. The fourth-order valence-corrected chi connectivity index (χ4v) is 2.37. The largest absolute Gasteiger partial charge is 0.352 e. The average Bonchev–Trinajstić information content (AvgIpc) is 3.04. The van der Waals surface area contributed by atoms with Gasteiger partial charge in [-0.3, -0.25) is 4.79 Å². The number of rotatable bonds is 5. The van der Waals surface area contributed by atoms with E-state index in [1.54, 1.807) is 18.2 Å². The molecular formula is C18H16ClN3O2. The van der Waals surface area contributed by atoms with E-state index in [9.17, 15) is 4.79 Å². The Kier molecular flexibility index (Phi) is 4.91. The first-order valence-electron chi connectivity index (χ1n) is 7.55. The van der Waals surface area contributed by atoms with Crippen LogP contribution in [0.2, 0.25) is 5.02 Å². The SMILES string of the molecule is Cc1cccc(C(=O)NCCc2nc(-c3ccc(Cl)cc3)no2)c1. The number of hydrogen-bond donors (Lipinski definition) is 1. The van der Waals surface area contributed by atoms with Gasteiger partial charge in [-0.1, -0.05) is 34.5 Å². The zero-order valence-corrected chi connectivity index (χ0v) is 13.9. The molecule has 2 aromatic carbocycles. The molecule has 3 aromatic rings. The molecular weight excluding hydrogens is 326 g/mol. The van der Waals surface area contributed by atoms with Gasteiger partial charge in [0, 0.05) is 29.1 Å². The minimum atomic E-state index is -0.115. The summed E-state index contributed by atoms with van der Waals surface area (Å²) >= 11 is 5.86. The Morgan fingerprint density at radius 3 is 2.75 bits per heavy atom. The molecule has 0 bridgehead atoms. The van der Waals surface area contributed by atoms with Crippen molar-refractivity contribution in [3.63, 3.8) is 0 Å². The molecule has 6 heteroatoms. The van der Waals surface area contributed by atoms with Crippen LogP contribution in [0.1, 0.15) is 21.8 Å². The van der Waals surface area contributed by atoms with Gasteiger partial charge in [-0.25, -0.2) is 0 Å². The summed E-state index contributed by atoms with van der Waals surface area (Å²) in [7, 11) is 0. The molecule has 1 aromatic heterocycles. The first-order chi connectivity index (χ1) is 11.6. The van der Waals surface area contributed by atoms with Gasteiger partial charge in [0.15, 0.2) is 0 Å². The minimum Gasteiger partial charge on any atom is -0.352 e. The van der Waals surface area contributed by atoms with Gasteiger partial charge in [0.1, 0.15) is 0 Å². The fraction of sp³-hybridized carbons (Fsp3) is 0.167. The molecule has 0 unspecified atom stereocenters. The van der Waals surface area contributed by atoms with Gasteiger partial charge in [-0.05, 0) is 43.3 Å². The summed E-state index contributed by atoms with van der Waals surface area (Å²) in [6, 6.07) is 14.7. The van der Waals surface area contributed by atoms with Crippen LogP contribution in [0.4, 0.5) is 0 Å². The third-order valence-electron chi connectivity index (χ3n) is 3.48. The standard InChI is InChI=1S/C18H16ClN3O2/c1-12-3-2-4-14(11-12)18(23)20-10-9-16-21-17(22-24-16)13-5-7-15(19)8-6-13/h2-8,11H,9-10H2,1H3,(H,20,23). The van der Waals surface area contributed by atoms with Gasteiger partial charge in [-0.2, -0.15) is 4.98 Å². The summed E-state index contributed by atoms with van der Waals surface area (Å²) in [5.74, 6) is 0.868. The van der Waals surface area contributed by atoms with E-state index in [0.717, 1.165) is 11.1 Å². The van der Waals surface area contributed by atoms with Crippen LogP contribution in [0.25, 0.3) is 11.4 Å². The summed E-state index contributed by atoms with van der Waals surface area (Å²) in [5, 5.41) is 7.44. The first kappa shape index (κ1) is 16.2. The van der Waals surface area contributed by atoms with E-state index in [1.807, 2.05) is 37.3 Å². The topological polar surface area (TPSA) is 68.0 Å². The quantitative estimate of drug-likeness (QED) is 0.768. The molecule has 0 atom stereocenters. The summed E-state index contributed by atoms with van der Waals surface area (Å²) in [6.07, 6.45) is 0.470. The van der Waals surface area contributed by atoms with E-state index in [0.29, 0.717) is 35.3 Å². The highest BCUT2D eigenvalue weighted by atomic mass is 35.5. The summed E-state index contributed by atoms with van der Waals surface area (Å²) in [4.78, 5) is 16.4. The molecule has 1 amide bonds. The summed E-state index contributed by atoms with van der Waals surface area (Å²) in [5.41, 5.74) is 2.52. The average molecular weight is 342 g/mol. The highest BCUT2D eigenvalue weighted by Gasteiger charge is 2.10. The number of nitrogens with zero attached hydrogens (tertiary/aromatic N) is 2. The molecule has 0 spiro atoms. The van der Waals surface area contributed by atoms with Crippen LogP contribution in [0.3, 0.4) is 0 Å². The van der Waals surface area contributed by atoms with Gasteiger partial charge in [0.25, 0.3) is 5.91 Å². The second-order valence-corrected chi connectivity index (χ2v) is 5.83. The van der Waals surface area contributed by atoms with Crippen molar-refractivity contribution < 1.29 is 9.32 Å². The number of carbonyl (C=O) groups is 1. The Bertz CT molecular complexity index is 843. The van der Waals surface area contributed by atoms with Gasteiger partial charge in [-0.15, -0.1) is 0 Å². The number of halogens is 1. The lowest BCUT2D eigenvalue weighted by atomic mass is 10.1. The normalized spacial score (nSPS) is 10.6. The molecule has 0 radical (unpaired) electrons. The van der Waals surface area contributed by atoms with Crippen LogP contribution in [-0.4, -0.2) is 22.6 Å². The van der Waals surface area contributed by atoms with Crippen LogP contribution in [-0.2, 0) is 6.42 Å². The molecule has 0 aliphatic carbocycles. The molecule has 122 valence electrons. The van der Waals surface area contributed by atoms with E-state index >= 15 is 0 Å². The van der Waals surface area contributed by atoms with Crippen LogP contribution in [0, 0.1) is 6.92 Å². The fourth-order valence-electron chi connectivity index (χ4n) is 2.24. The molecule has 1 heterocycles. The number of carbonyl (C=O) groups excluding carboxylic acids is 1. The van der Waals surface area contributed by atoms with Crippen LogP contribution in [0.15, 0.2) is 53.1 Å². The van der Waals surface area contributed by atoms with Crippen molar-refractivity contribution in [3.05, 3.63) is 70.6 Å². The van der Waals surface area contributed by atoms with Crippen molar-refractivity contribution in [2.24, 2.45) is 0 Å². The third-order valence-corrected chi connectivity index (χ3v) is 3.73. The first-order valence-corrected chi connectivity index (χ1v) is 7.93. The number of nitrogens with one attached hydrogen (secondary N) is 1. The lowest BCUT2D eigenvalue weighted by molar-refractivity contribution is 0.0953. The number of benzene rings is 2. The van der Waals surface area contributed by atoms with E-state index in [-0.39, 0.29) is 5.91 Å². The Hall–Kier alpha value is -2.66. The van der Waals surface area contributed by atoms with Gasteiger partial charge in [0.05, 0.1) is 0 Å². The Labute approximate surface area is 144 Å². The molecule has 0 saturated carbocycles. The second-order valence-electron chi connectivity index (χ2n) is 5.39. The monoisotopic (exact) mass is 341 g/mol. The van der Waals surface area contributed by atoms with Crippen molar-refractivity contribution in [3.8, 4) is 11.4 Å². The lowest BCUT2D eigenvalue weighted by Crippen LogP contribution is -2.25. The Morgan fingerprint density at radius 1 is 1.21 bits per heavy atom. The Balaban J connectivity index is 1.56. The third kappa shape index (κ3) is 4.00. The molecule has 3 rings (SSSR count). The van der Waals surface area contributed by atoms with Crippen molar-refractivity contribution in [2.75, 3.05) is 6.54 Å². The molecule has 24 heavy (non-hydrogen) atoms. The highest BCUT2D eigenvalue weighted by Crippen LogP contribution is 2.18. The highest BCUT2D eigenvalue weighted by molar-refractivity contribution is 6.30. The minimum absolute atomic E-state index is 0.115. The predicted octanol–water partition coefficient (Wildman–Crippen LogP) is 3.67. The maximum atomic E-state index is 12.1. The molecule has 5 nitrogen and oxygen atoms in total. The van der Waals surface area contributed by atoms with Gasteiger partial charge in [0.2, 0.25) is 11.7 Å². The zero-order chi connectivity index (χ0) is 16.9. The van der Waals surface area contributed by atoms with Gasteiger partial charge >= 0.3 is 0 Å². The van der Waals surface area contributed by atoms with Crippen molar-refractivity contribution in [1.29, 1.82) is 0 Å². The molecule has 0 aliphatic heterocycles. The van der Waals surface area contributed by atoms with Crippen molar-refractivity contribution >= 4 is 17.5 Å². The zero-order valence-electron chi connectivity index (χ0n) is 13.1. The maximum Gasteiger partial charge on any atom is 0.251 e. The number of aromatic nitrogens is 2. The van der Waals surface area contributed by atoms with E-state index < -0.39 is 0 Å². The van der Waals surface area contributed by atoms with Crippen LogP contribution >= 0.6 is 11.6 Å². The summed E-state index contributed by atoms with van der Waals surface area (Å²) < 4.78 is 5.21. The second kappa shape index (κ2) is 7.27. The molecule has 1 N–H and O–H groups in total. The van der Waals surface area contributed by atoms with Crippen molar-refractivity contribution in [1.82, 2.24) is 15.5 Å². The van der Waals surface area contributed by atoms with Crippen molar-refractivity contribution in [2.45, 2.75) is 13.3 Å². The van der Waals surface area contributed by atoms with E-state index in [2.05, 4.69) is 15.5 Å². The summed E-state index contributed by atoms with van der Waals surface area (Å²) in [6.45, 7) is 2.38.